The molecular formula is C17H17BrFN3O2. The highest BCUT2D eigenvalue weighted by atomic mass is 79.9. The molecule has 0 unspecified atom stereocenters. The van der Waals surface area contributed by atoms with E-state index in [2.05, 4.69) is 20.9 Å². The van der Waals surface area contributed by atoms with Gasteiger partial charge in [-0.25, -0.2) is 9.37 Å². The Balaban J connectivity index is 1.84. The fourth-order valence-electron chi connectivity index (χ4n) is 2.68. The number of nitrogens with zero attached hydrogens (tertiary/aromatic N) is 2. The van der Waals surface area contributed by atoms with Gasteiger partial charge in [-0.15, -0.1) is 0 Å². The van der Waals surface area contributed by atoms with Gasteiger partial charge in [-0.3, -0.25) is 4.79 Å². The number of pyridine rings is 1. The summed E-state index contributed by atoms with van der Waals surface area (Å²) in [6.07, 6.45) is 2.46. The van der Waals surface area contributed by atoms with E-state index < -0.39 is 0 Å². The molecule has 2 heterocycles. The maximum Gasteiger partial charge on any atom is 0.259 e. The zero-order chi connectivity index (χ0) is 17.1. The Morgan fingerprint density at radius 3 is 3.00 bits per heavy atom. The number of benzene rings is 1. The number of hydrogen-bond donors (Lipinski definition) is 1. The van der Waals surface area contributed by atoms with Crippen LogP contribution in [-0.2, 0) is 0 Å². The van der Waals surface area contributed by atoms with Crippen molar-refractivity contribution in [1.29, 1.82) is 0 Å². The third kappa shape index (κ3) is 3.57. The van der Waals surface area contributed by atoms with Gasteiger partial charge in [-0.2, -0.15) is 0 Å². The number of aromatic nitrogens is 1. The van der Waals surface area contributed by atoms with E-state index in [4.69, 9.17) is 10.5 Å². The SMILES string of the molecule is NC[C@H]1CCN(C(=O)c2cccnc2Oc2ccc(F)cc2Br)C1. The van der Waals surface area contributed by atoms with E-state index in [-0.39, 0.29) is 17.6 Å². The molecule has 1 atom stereocenters. The lowest BCUT2D eigenvalue weighted by molar-refractivity contribution is 0.0784. The predicted octanol–water partition coefficient (Wildman–Crippen LogP) is 3.20. The predicted molar refractivity (Wildman–Crippen MR) is 91.5 cm³/mol. The Bertz CT molecular complexity index is 756. The Labute approximate surface area is 147 Å². The topological polar surface area (TPSA) is 68.5 Å². The summed E-state index contributed by atoms with van der Waals surface area (Å²) in [7, 11) is 0. The number of carbonyl (C=O) groups excluding carboxylic acids is 1. The smallest absolute Gasteiger partial charge is 0.259 e. The van der Waals surface area contributed by atoms with Gasteiger partial charge in [0.15, 0.2) is 0 Å². The first-order valence-electron chi connectivity index (χ1n) is 7.65. The minimum Gasteiger partial charge on any atom is -0.437 e. The lowest BCUT2D eigenvalue weighted by Crippen LogP contribution is -2.30. The van der Waals surface area contributed by atoms with Gasteiger partial charge in [-0.05, 0) is 65.1 Å². The Kier molecular flexibility index (Phi) is 5.11. The Morgan fingerprint density at radius 2 is 2.29 bits per heavy atom. The quantitative estimate of drug-likeness (QED) is 0.865. The van der Waals surface area contributed by atoms with Crippen LogP contribution in [0.4, 0.5) is 4.39 Å². The molecule has 2 N–H and O–H groups in total. The lowest BCUT2D eigenvalue weighted by Gasteiger charge is -2.18. The zero-order valence-electron chi connectivity index (χ0n) is 12.9. The molecule has 3 rings (SSSR count). The molecule has 0 bridgehead atoms. The molecular weight excluding hydrogens is 377 g/mol. The van der Waals surface area contributed by atoms with Gasteiger partial charge in [-0.1, -0.05) is 0 Å². The minimum absolute atomic E-state index is 0.132. The summed E-state index contributed by atoms with van der Waals surface area (Å²) in [5, 5.41) is 0. The summed E-state index contributed by atoms with van der Waals surface area (Å²) in [4.78, 5) is 18.7. The highest BCUT2D eigenvalue weighted by Gasteiger charge is 2.28. The maximum absolute atomic E-state index is 13.2. The van der Waals surface area contributed by atoms with Crippen LogP contribution in [0.3, 0.4) is 0 Å². The second-order valence-electron chi connectivity index (χ2n) is 5.67. The van der Waals surface area contributed by atoms with Crippen LogP contribution in [0.2, 0.25) is 0 Å². The average Bonchev–Trinajstić information content (AvgIpc) is 3.06. The van der Waals surface area contributed by atoms with Crippen molar-refractivity contribution in [2.45, 2.75) is 6.42 Å². The van der Waals surface area contributed by atoms with Crippen molar-refractivity contribution in [3.05, 3.63) is 52.4 Å². The first-order chi connectivity index (χ1) is 11.6. The van der Waals surface area contributed by atoms with Crippen molar-refractivity contribution >= 4 is 21.8 Å². The monoisotopic (exact) mass is 393 g/mol. The number of amides is 1. The standard InChI is InChI=1S/C17H17BrFN3O2/c18-14-8-12(19)3-4-15(14)24-16-13(2-1-6-21-16)17(23)22-7-5-11(9-20)10-22/h1-4,6,8,11H,5,7,9-10,20H2/t11-/m1/s1. The number of likely N-dealkylation sites (tertiary alicyclic amines) is 1. The summed E-state index contributed by atoms with van der Waals surface area (Å²) in [6.45, 7) is 1.89. The molecule has 5 nitrogen and oxygen atoms in total. The number of halogens is 2. The van der Waals surface area contributed by atoms with Gasteiger partial charge >= 0.3 is 0 Å². The van der Waals surface area contributed by atoms with Crippen LogP contribution >= 0.6 is 15.9 Å². The molecule has 1 saturated heterocycles. The average molecular weight is 394 g/mol. The molecule has 0 saturated carbocycles. The van der Waals surface area contributed by atoms with Crippen LogP contribution in [0, 0.1) is 11.7 Å². The van der Waals surface area contributed by atoms with Crippen molar-refractivity contribution in [3.8, 4) is 11.6 Å². The minimum atomic E-state index is -0.378. The molecule has 2 aromatic rings. The first-order valence-corrected chi connectivity index (χ1v) is 8.45. The Hall–Kier alpha value is -1.99. The molecule has 1 amide bonds. The molecule has 0 aliphatic carbocycles. The molecule has 24 heavy (non-hydrogen) atoms. The van der Waals surface area contributed by atoms with Crippen molar-refractivity contribution in [1.82, 2.24) is 9.88 Å². The maximum atomic E-state index is 13.2. The number of rotatable bonds is 4. The van der Waals surface area contributed by atoms with Gasteiger partial charge in [0, 0.05) is 19.3 Å². The molecule has 1 aromatic heterocycles. The fourth-order valence-corrected chi connectivity index (χ4v) is 3.11. The zero-order valence-corrected chi connectivity index (χ0v) is 14.5. The van der Waals surface area contributed by atoms with Crippen molar-refractivity contribution in [2.75, 3.05) is 19.6 Å². The second kappa shape index (κ2) is 7.27. The fraction of sp³-hybridized carbons (Fsp3) is 0.294. The number of nitrogens with two attached hydrogens (primary N) is 1. The third-order valence-corrected chi connectivity index (χ3v) is 4.63. The molecule has 1 fully saturated rings. The van der Waals surface area contributed by atoms with Gasteiger partial charge in [0.2, 0.25) is 5.88 Å². The Morgan fingerprint density at radius 1 is 1.46 bits per heavy atom. The highest BCUT2D eigenvalue weighted by Crippen LogP contribution is 2.31. The van der Waals surface area contributed by atoms with Crippen LogP contribution in [-0.4, -0.2) is 35.4 Å². The largest absolute Gasteiger partial charge is 0.437 e. The van der Waals surface area contributed by atoms with E-state index >= 15 is 0 Å². The van der Waals surface area contributed by atoms with Crippen molar-refractivity contribution < 1.29 is 13.9 Å². The normalized spacial score (nSPS) is 17.1. The molecule has 1 aliphatic heterocycles. The first kappa shape index (κ1) is 16.9. The number of carbonyl (C=O) groups is 1. The van der Waals surface area contributed by atoms with Crippen molar-refractivity contribution in [2.24, 2.45) is 11.7 Å². The van der Waals surface area contributed by atoms with Gasteiger partial charge in [0.1, 0.15) is 17.1 Å². The molecule has 126 valence electrons. The molecule has 7 heteroatoms. The van der Waals surface area contributed by atoms with E-state index in [0.29, 0.717) is 41.3 Å². The second-order valence-corrected chi connectivity index (χ2v) is 6.53. The molecule has 0 spiro atoms. The van der Waals surface area contributed by atoms with Crippen LogP contribution in [0.15, 0.2) is 41.0 Å². The van der Waals surface area contributed by atoms with E-state index in [1.165, 1.54) is 18.2 Å². The van der Waals surface area contributed by atoms with Gasteiger partial charge in [0.05, 0.1) is 4.47 Å². The van der Waals surface area contributed by atoms with Gasteiger partial charge in [0.25, 0.3) is 5.91 Å². The highest BCUT2D eigenvalue weighted by molar-refractivity contribution is 9.10. The van der Waals surface area contributed by atoms with E-state index in [1.807, 2.05) is 0 Å². The number of hydrogen-bond acceptors (Lipinski definition) is 4. The third-order valence-electron chi connectivity index (χ3n) is 4.01. The molecule has 1 aliphatic rings. The van der Waals surface area contributed by atoms with E-state index in [0.717, 1.165) is 6.42 Å². The lowest BCUT2D eigenvalue weighted by atomic mass is 10.1. The van der Waals surface area contributed by atoms with Crippen LogP contribution in [0.25, 0.3) is 0 Å². The summed E-state index contributed by atoms with van der Waals surface area (Å²) in [5.41, 5.74) is 6.07. The number of ether oxygens (including phenoxy) is 1. The summed E-state index contributed by atoms with van der Waals surface area (Å²) < 4.78 is 19.4. The summed E-state index contributed by atoms with van der Waals surface area (Å²) >= 11 is 3.25. The van der Waals surface area contributed by atoms with E-state index in [1.54, 1.807) is 23.2 Å². The van der Waals surface area contributed by atoms with Crippen LogP contribution < -0.4 is 10.5 Å². The van der Waals surface area contributed by atoms with E-state index in [9.17, 15) is 9.18 Å². The summed E-state index contributed by atoms with van der Waals surface area (Å²) in [5.74, 6) is 0.418. The molecule has 0 radical (unpaired) electrons. The van der Waals surface area contributed by atoms with Crippen molar-refractivity contribution in [3.63, 3.8) is 0 Å². The van der Waals surface area contributed by atoms with Gasteiger partial charge < -0.3 is 15.4 Å². The summed E-state index contributed by atoms with van der Waals surface area (Å²) in [6, 6.07) is 7.44. The molecule has 1 aromatic carbocycles. The van der Waals surface area contributed by atoms with Crippen LogP contribution in [0.5, 0.6) is 11.6 Å². The van der Waals surface area contributed by atoms with Crippen LogP contribution in [0.1, 0.15) is 16.8 Å².